The number of anilines is 1. The first-order valence-electron chi connectivity index (χ1n) is 9.64. The highest BCUT2D eigenvalue weighted by Gasteiger charge is 2.36. The van der Waals surface area contributed by atoms with Crippen molar-refractivity contribution in [3.63, 3.8) is 0 Å². The van der Waals surface area contributed by atoms with Crippen LogP contribution in [0.1, 0.15) is 27.7 Å². The van der Waals surface area contributed by atoms with Crippen LogP contribution in [0.25, 0.3) is 21.7 Å². The molecule has 4 heterocycles. The van der Waals surface area contributed by atoms with E-state index in [1.807, 2.05) is 0 Å². The molecule has 0 saturated heterocycles. The van der Waals surface area contributed by atoms with Crippen LogP contribution >= 0.6 is 0 Å². The summed E-state index contributed by atoms with van der Waals surface area (Å²) in [5.74, 6) is 0.0561. The van der Waals surface area contributed by atoms with Crippen LogP contribution in [0.4, 0.5) is 19.0 Å². The molecule has 7 nitrogen and oxygen atoms in total. The smallest absolute Gasteiger partial charge is 0.416 e. The predicted octanol–water partition coefficient (Wildman–Crippen LogP) is 3.98. The number of carbonyl (C=O) groups excluding carboxylic acids is 1. The lowest BCUT2D eigenvalue weighted by atomic mass is 10.0. The number of aromatic nitrogens is 3. The van der Waals surface area contributed by atoms with Crippen molar-refractivity contribution in [1.29, 1.82) is 0 Å². The van der Waals surface area contributed by atoms with Crippen molar-refractivity contribution in [1.82, 2.24) is 19.9 Å². The van der Waals surface area contributed by atoms with Gasteiger partial charge in [-0.05, 0) is 24.3 Å². The normalized spacial score (nSPS) is 15.6. The zero-order valence-corrected chi connectivity index (χ0v) is 16.7. The van der Waals surface area contributed by atoms with Crippen LogP contribution < -0.4 is 10.5 Å². The molecule has 0 unspecified atom stereocenters. The lowest BCUT2D eigenvalue weighted by Crippen LogP contribution is -2.32. The van der Waals surface area contributed by atoms with Gasteiger partial charge in [0.1, 0.15) is 23.9 Å². The number of hydrogen-bond acceptors (Lipinski definition) is 6. The number of nitrogen functional groups attached to an aromatic ring is 1. The predicted molar refractivity (Wildman–Crippen MR) is 111 cm³/mol. The molecule has 0 fully saturated rings. The lowest BCUT2D eigenvalue weighted by molar-refractivity contribution is -0.137. The van der Waals surface area contributed by atoms with Gasteiger partial charge in [0.05, 0.1) is 23.3 Å². The van der Waals surface area contributed by atoms with E-state index in [9.17, 15) is 18.0 Å². The Morgan fingerprint density at radius 3 is 2.75 bits per heavy atom. The van der Waals surface area contributed by atoms with E-state index in [2.05, 4.69) is 15.0 Å². The second-order valence-corrected chi connectivity index (χ2v) is 7.50. The summed E-state index contributed by atoms with van der Waals surface area (Å²) in [7, 11) is 1.57. The van der Waals surface area contributed by atoms with Gasteiger partial charge in [-0.3, -0.25) is 9.78 Å². The molecule has 0 saturated carbocycles. The SMILES string of the molecule is CN(C(=O)c1cc2c(cn1)nc(N)c1ccncc12)[C@@H]1COc2cc(C(F)(F)F)ccc21. The fourth-order valence-corrected chi connectivity index (χ4v) is 3.90. The van der Waals surface area contributed by atoms with Gasteiger partial charge in [0.25, 0.3) is 5.91 Å². The minimum atomic E-state index is -4.47. The Balaban J connectivity index is 1.50. The monoisotopic (exact) mass is 439 g/mol. The number of alkyl halides is 3. The van der Waals surface area contributed by atoms with Gasteiger partial charge < -0.3 is 15.4 Å². The maximum Gasteiger partial charge on any atom is 0.416 e. The molecule has 1 aliphatic heterocycles. The number of likely N-dealkylation sites (N-methyl/N-ethyl adjacent to an activating group) is 1. The van der Waals surface area contributed by atoms with E-state index < -0.39 is 23.7 Å². The summed E-state index contributed by atoms with van der Waals surface area (Å²) in [6, 6.07) is 6.11. The first-order chi connectivity index (χ1) is 15.2. The summed E-state index contributed by atoms with van der Waals surface area (Å²) in [4.78, 5) is 27.3. The molecular formula is C22H16F3N5O2. The van der Waals surface area contributed by atoms with Crippen molar-refractivity contribution in [2.75, 3.05) is 19.4 Å². The number of ether oxygens (including phenoxy) is 1. The molecule has 0 spiro atoms. The van der Waals surface area contributed by atoms with E-state index in [0.717, 1.165) is 17.5 Å². The van der Waals surface area contributed by atoms with Crippen molar-refractivity contribution in [2.45, 2.75) is 12.2 Å². The van der Waals surface area contributed by atoms with Crippen molar-refractivity contribution in [3.8, 4) is 5.75 Å². The first-order valence-corrected chi connectivity index (χ1v) is 9.64. The summed E-state index contributed by atoms with van der Waals surface area (Å²) in [5.41, 5.74) is 6.41. The number of benzene rings is 1. The number of fused-ring (bicyclic) bond motifs is 4. The second-order valence-electron chi connectivity index (χ2n) is 7.50. The number of halogens is 3. The van der Waals surface area contributed by atoms with E-state index >= 15 is 0 Å². The number of nitrogens with two attached hydrogens (primary N) is 1. The van der Waals surface area contributed by atoms with Gasteiger partial charge in [0.2, 0.25) is 0 Å². The molecular weight excluding hydrogens is 423 g/mol. The molecule has 0 aliphatic carbocycles. The Bertz CT molecular complexity index is 1390. The molecule has 0 radical (unpaired) electrons. The van der Waals surface area contributed by atoms with Gasteiger partial charge in [0, 0.05) is 41.2 Å². The first kappa shape index (κ1) is 20.0. The molecule has 0 bridgehead atoms. The van der Waals surface area contributed by atoms with Gasteiger partial charge in [0.15, 0.2) is 0 Å². The highest BCUT2D eigenvalue weighted by atomic mass is 19.4. The van der Waals surface area contributed by atoms with Gasteiger partial charge in [-0.2, -0.15) is 13.2 Å². The largest absolute Gasteiger partial charge is 0.491 e. The standard InChI is InChI=1S/C22H16F3N5O2/c1-30(18-10-32-19-6-11(22(23,24)25)2-3-13(18)19)21(31)16-7-14-15-8-27-5-4-12(15)20(26)29-17(14)9-28-16/h2-9,18H,10H2,1H3,(H2,26,29)/t18-/m1/s1. The number of hydrogen-bond donors (Lipinski definition) is 1. The fourth-order valence-electron chi connectivity index (χ4n) is 3.90. The average Bonchev–Trinajstić information content (AvgIpc) is 3.21. The Morgan fingerprint density at radius 2 is 1.97 bits per heavy atom. The third-order valence-corrected chi connectivity index (χ3v) is 5.61. The molecule has 1 amide bonds. The van der Waals surface area contributed by atoms with Crippen molar-refractivity contribution < 1.29 is 22.7 Å². The van der Waals surface area contributed by atoms with Crippen molar-refractivity contribution in [3.05, 3.63) is 65.7 Å². The number of pyridine rings is 3. The Hall–Kier alpha value is -3.95. The maximum absolute atomic E-state index is 13.2. The minimum Gasteiger partial charge on any atom is -0.491 e. The van der Waals surface area contributed by atoms with Crippen molar-refractivity contribution in [2.24, 2.45) is 0 Å². The van der Waals surface area contributed by atoms with Crippen LogP contribution in [-0.4, -0.2) is 39.4 Å². The third kappa shape index (κ3) is 3.15. The average molecular weight is 439 g/mol. The summed E-state index contributed by atoms with van der Waals surface area (Å²) < 4.78 is 44.4. The number of carbonyl (C=O) groups is 1. The van der Waals surface area contributed by atoms with Crippen LogP contribution in [0.2, 0.25) is 0 Å². The van der Waals surface area contributed by atoms with Crippen LogP contribution in [0.3, 0.4) is 0 Å². The maximum atomic E-state index is 13.2. The van der Waals surface area contributed by atoms with E-state index in [1.165, 1.54) is 17.2 Å². The lowest BCUT2D eigenvalue weighted by Gasteiger charge is -2.23. The van der Waals surface area contributed by atoms with E-state index in [4.69, 9.17) is 10.5 Å². The van der Waals surface area contributed by atoms with E-state index in [-0.39, 0.29) is 18.1 Å². The zero-order valence-electron chi connectivity index (χ0n) is 16.7. The topological polar surface area (TPSA) is 94.2 Å². The Morgan fingerprint density at radius 1 is 1.16 bits per heavy atom. The van der Waals surface area contributed by atoms with Crippen LogP contribution in [0.15, 0.2) is 48.9 Å². The third-order valence-electron chi connectivity index (χ3n) is 5.61. The van der Waals surface area contributed by atoms with E-state index in [0.29, 0.717) is 27.7 Å². The van der Waals surface area contributed by atoms with Crippen LogP contribution in [0, 0.1) is 0 Å². The quantitative estimate of drug-likeness (QED) is 0.475. The Labute approximate surface area is 179 Å². The summed E-state index contributed by atoms with van der Waals surface area (Å²) in [5, 5.41) is 2.12. The molecule has 1 aromatic carbocycles. The van der Waals surface area contributed by atoms with Crippen LogP contribution in [0.5, 0.6) is 5.75 Å². The summed E-state index contributed by atoms with van der Waals surface area (Å²) >= 11 is 0. The molecule has 4 aromatic rings. The molecule has 2 N–H and O–H groups in total. The number of nitrogens with zero attached hydrogens (tertiary/aromatic N) is 4. The number of rotatable bonds is 2. The second kappa shape index (κ2) is 7.04. The highest BCUT2D eigenvalue weighted by Crippen LogP contribution is 2.40. The molecule has 1 aliphatic rings. The Kier molecular flexibility index (Phi) is 4.40. The molecule has 32 heavy (non-hydrogen) atoms. The molecule has 5 rings (SSSR count). The molecule has 3 aromatic heterocycles. The minimum absolute atomic E-state index is 0.0530. The van der Waals surface area contributed by atoms with Gasteiger partial charge in [-0.25, -0.2) is 9.97 Å². The van der Waals surface area contributed by atoms with Gasteiger partial charge >= 0.3 is 6.18 Å². The van der Waals surface area contributed by atoms with Crippen molar-refractivity contribution >= 4 is 33.4 Å². The zero-order chi connectivity index (χ0) is 22.6. The number of amides is 1. The van der Waals surface area contributed by atoms with Crippen LogP contribution in [-0.2, 0) is 6.18 Å². The molecule has 10 heteroatoms. The highest BCUT2D eigenvalue weighted by molar-refractivity contribution is 6.10. The molecule has 162 valence electrons. The summed E-state index contributed by atoms with van der Waals surface area (Å²) in [6.45, 7) is 0.0530. The van der Waals surface area contributed by atoms with E-state index in [1.54, 1.807) is 31.6 Å². The molecule has 1 atom stereocenters. The van der Waals surface area contributed by atoms with Gasteiger partial charge in [-0.1, -0.05) is 6.07 Å². The fraction of sp³-hybridized carbons (Fsp3) is 0.182. The van der Waals surface area contributed by atoms with Gasteiger partial charge in [-0.15, -0.1) is 0 Å². The summed E-state index contributed by atoms with van der Waals surface area (Å²) in [6.07, 6.45) is 0.248.